The smallest absolute Gasteiger partial charge is 0.258 e. The van der Waals surface area contributed by atoms with Crippen molar-refractivity contribution >= 4 is 23.1 Å². The van der Waals surface area contributed by atoms with Crippen LogP contribution in [0.4, 0.5) is 4.39 Å². The molecule has 158 valence electrons. The second-order valence-corrected chi connectivity index (χ2v) is 7.77. The molecule has 10 heteroatoms. The second-order valence-electron chi connectivity index (χ2n) is 7.34. The van der Waals surface area contributed by atoms with E-state index in [1.165, 1.54) is 35.5 Å². The van der Waals surface area contributed by atoms with Gasteiger partial charge in [0.05, 0.1) is 29.8 Å². The zero-order chi connectivity index (χ0) is 21.3. The molecule has 2 aromatic rings. The van der Waals surface area contributed by atoms with Gasteiger partial charge in [-0.25, -0.2) is 14.4 Å². The van der Waals surface area contributed by atoms with Crippen LogP contribution < -0.4 is 15.8 Å². The van der Waals surface area contributed by atoms with E-state index in [1.54, 1.807) is 0 Å². The largest absolute Gasteiger partial charge is 0.491 e. The molecule has 1 fully saturated rings. The van der Waals surface area contributed by atoms with E-state index in [0.29, 0.717) is 35.1 Å². The van der Waals surface area contributed by atoms with Gasteiger partial charge in [0, 0.05) is 42.3 Å². The topological polar surface area (TPSA) is 114 Å². The van der Waals surface area contributed by atoms with E-state index in [2.05, 4.69) is 15.3 Å². The summed E-state index contributed by atoms with van der Waals surface area (Å²) in [5, 5.41) is 13.1. The first-order valence-electron chi connectivity index (χ1n) is 9.49. The molecule has 1 saturated heterocycles. The van der Waals surface area contributed by atoms with Crippen LogP contribution in [-0.2, 0) is 0 Å². The maximum Gasteiger partial charge on any atom is 0.258 e. The van der Waals surface area contributed by atoms with Crippen molar-refractivity contribution in [3.05, 3.63) is 58.5 Å². The van der Waals surface area contributed by atoms with Gasteiger partial charge < -0.3 is 25.8 Å². The number of β-amino-alcohol motifs (C(OH)–C–C–N with tert-alkyl or cyclic N) is 1. The zero-order valence-corrected chi connectivity index (χ0v) is 16.8. The molecule has 3 heterocycles. The summed E-state index contributed by atoms with van der Waals surface area (Å²) in [6.45, 7) is 1.12. The van der Waals surface area contributed by atoms with Crippen molar-refractivity contribution in [2.45, 2.75) is 18.6 Å². The Kier molecular flexibility index (Phi) is 5.85. The Hall–Kier alpha value is -2.75. The molecule has 0 bridgehead atoms. The maximum absolute atomic E-state index is 13.8. The number of aliphatic hydroxyl groups excluding tert-OH is 1. The molecule has 1 aromatic carbocycles. The summed E-state index contributed by atoms with van der Waals surface area (Å²) in [6, 6.07) is 3.74. The summed E-state index contributed by atoms with van der Waals surface area (Å²) >= 11 is 5.83. The minimum atomic E-state index is -0.504. The van der Waals surface area contributed by atoms with Crippen molar-refractivity contribution in [1.82, 2.24) is 20.2 Å². The first-order valence-corrected chi connectivity index (χ1v) is 9.87. The number of aliphatic hydroxyl groups is 1. The van der Waals surface area contributed by atoms with Crippen molar-refractivity contribution in [2.75, 3.05) is 26.2 Å². The lowest BCUT2D eigenvalue weighted by atomic mass is 10.1. The molecule has 2 atom stereocenters. The molecule has 2 unspecified atom stereocenters. The molecule has 2 aliphatic rings. The van der Waals surface area contributed by atoms with Crippen LogP contribution >= 0.6 is 11.6 Å². The Bertz CT molecular complexity index is 985. The number of hydrogen-bond acceptors (Lipinski definition) is 7. The summed E-state index contributed by atoms with van der Waals surface area (Å²) in [5.74, 6) is -0.279. The molecule has 0 aliphatic carbocycles. The van der Waals surface area contributed by atoms with Crippen LogP contribution in [0.1, 0.15) is 22.6 Å². The molecule has 4 N–H and O–H groups in total. The van der Waals surface area contributed by atoms with Gasteiger partial charge in [0.25, 0.3) is 5.91 Å². The SMILES string of the molecule is NC1=C(c2ncc(Cl)cn2)CN(C(=O)c2ccc(F)cc2OCC2CC(O)CN2)C1. The Morgan fingerprint density at radius 2 is 2.13 bits per heavy atom. The van der Waals surface area contributed by atoms with E-state index in [4.69, 9.17) is 22.1 Å². The number of carbonyl (C=O) groups excluding carboxylic acids is 1. The number of rotatable bonds is 5. The van der Waals surface area contributed by atoms with Crippen molar-refractivity contribution in [3.8, 4) is 5.75 Å². The highest BCUT2D eigenvalue weighted by Crippen LogP contribution is 2.27. The van der Waals surface area contributed by atoms with Gasteiger partial charge in [-0.05, 0) is 18.6 Å². The first-order chi connectivity index (χ1) is 14.4. The summed E-state index contributed by atoms with van der Waals surface area (Å²) in [7, 11) is 0. The van der Waals surface area contributed by atoms with Crippen LogP contribution in [0, 0.1) is 5.82 Å². The van der Waals surface area contributed by atoms with Gasteiger partial charge in [-0.1, -0.05) is 11.6 Å². The van der Waals surface area contributed by atoms with E-state index in [-0.39, 0.29) is 43.0 Å². The Morgan fingerprint density at radius 1 is 1.37 bits per heavy atom. The number of nitrogens with one attached hydrogen (secondary N) is 1. The standard InChI is InChI=1S/C20H21ClFN5O3/c21-11-5-25-19(26-6-11)16-8-27(9-17(16)23)20(29)15-2-1-12(22)3-18(15)30-10-13-4-14(28)7-24-13/h1-3,5-6,13-14,24,28H,4,7-10,23H2. The van der Waals surface area contributed by atoms with E-state index in [1.807, 2.05) is 0 Å². The van der Waals surface area contributed by atoms with Crippen LogP contribution in [0.15, 0.2) is 36.3 Å². The minimum Gasteiger partial charge on any atom is -0.491 e. The molecule has 4 rings (SSSR count). The monoisotopic (exact) mass is 433 g/mol. The Morgan fingerprint density at radius 3 is 2.83 bits per heavy atom. The average Bonchev–Trinajstić information content (AvgIpc) is 3.32. The highest BCUT2D eigenvalue weighted by Gasteiger charge is 2.30. The van der Waals surface area contributed by atoms with E-state index in [0.717, 1.165) is 0 Å². The predicted octanol–water partition coefficient (Wildman–Crippen LogP) is 1.20. The third-order valence-electron chi connectivity index (χ3n) is 5.09. The van der Waals surface area contributed by atoms with Gasteiger partial charge in [-0.15, -0.1) is 0 Å². The van der Waals surface area contributed by atoms with Crippen LogP contribution in [0.2, 0.25) is 5.02 Å². The first kappa shape index (κ1) is 20.5. The third kappa shape index (κ3) is 4.38. The van der Waals surface area contributed by atoms with Crippen molar-refractivity contribution in [2.24, 2.45) is 5.73 Å². The average molecular weight is 434 g/mol. The summed E-state index contributed by atoms with van der Waals surface area (Å²) < 4.78 is 19.5. The number of hydrogen-bond donors (Lipinski definition) is 3. The highest BCUT2D eigenvalue weighted by atomic mass is 35.5. The van der Waals surface area contributed by atoms with Gasteiger partial charge in [0.2, 0.25) is 0 Å². The van der Waals surface area contributed by atoms with E-state index < -0.39 is 11.9 Å². The number of ether oxygens (including phenoxy) is 1. The number of halogens is 2. The predicted molar refractivity (Wildman–Crippen MR) is 108 cm³/mol. The molecular weight excluding hydrogens is 413 g/mol. The molecule has 1 aromatic heterocycles. The van der Waals surface area contributed by atoms with Gasteiger partial charge in [0.1, 0.15) is 18.2 Å². The Balaban J connectivity index is 1.49. The zero-order valence-electron chi connectivity index (χ0n) is 16.0. The van der Waals surface area contributed by atoms with Crippen LogP contribution in [0.5, 0.6) is 5.75 Å². The molecule has 0 saturated carbocycles. The van der Waals surface area contributed by atoms with E-state index in [9.17, 15) is 14.3 Å². The molecule has 1 amide bonds. The number of benzene rings is 1. The van der Waals surface area contributed by atoms with Crippen LogP contribution in [-0.4, -0.2) is 64.3 Å². The fourth-order valence-electron chi connectivity index (χ4n) is 3.55. The maximum atomic E-state index is 13.8. The molecule has 8 nitrogen and oxygen atoms in total. The molecule has 0 radical (unpaired) electrons. The number of aromatic nitrogens is 2. The van der Waals surface area contributed by atoms with Crippen molar-refractivity contribution in [1.29, 1.82) is 0 Å². The molecule has 0 spiro atoms. The quantitative estimate of drug-likeness (QED) is 0.649. The Labute approximate surface area is 177 Å². The molecule has 2 aliphatic heterocycles. The van der Waals surface area contributed by atoms with Gasteiger partial charge >= 0.3 is 0 Å². The third-order valence-corrected chi connectivity index (χ3v) is 5.28. The van der Waals surface area contributed by atoms with Crippen molar-refractivity contribution in [3.63, 3.8) is 0 Å². The minimum absolute atomic E-state index is 0.0658. The number of nitrogens with two attached hydrogens (primary N) is 1. The van der Waals surface area contributed by atoms with Gasteiger partial charge in [0.15, 0.2) is 5.82 Å². The molecular formula is C20H21ClFN5O3. The fourth-order valence-corrected chi connectivity index (χ4v) is 3.65. The lowest BCUT2D eigenvalue weighted by Crippen LogP contribution is -2.32. The van der Waals surface area contributed by atoms with Crippen LogP contribution in [0.25, 0.3) is 5.57 Å². The number of carbonyl (C=O) groups is 1. The normalized spacial score (nSPS) is 21.4. The van der Waals surface area contributed by atoms with Gasteiger partial charge in [-0.2, -0.15) is 0 Å². The number of amides is 1. The molecule has 30 heavy (non-hydrogen) atoms. The summed E-state index contributed by atoms with van der Waals surface area (Å²) in [6.07, 6.45) is 3.04. The van der Waals surface area contributed by atoms with Crippen molar-refractivity contribution < 1.29 is 19.0 Å². The number of nitrogens with zero attached hydrogens (tertiary/aromatic N) is 3. The second kappa shape index (κ2) is 8.55. The highest BCUT2D eigenvalue weighted by molar-refractivity contribution is 6.30. The van der Waals surface area contributed by atoms with Gasteiger partial charge in [-0.3, -0.25) is 4.79 Å². The summed E-state index contributed by atoms with van der Waals surface area (Å²) in [4.78, 5) is 23.0. The van der Waals surface area contributed by atoms with Crippen LogP contribution in [0.3, 0.4) is 0 Å². The lowest BCUT2D eigenvalue weighted by Gasteiger charge is -2.20. The summed E-state index contributed by atoms with van der Waals surface area (Å²) in [5.41, 5.74) is 7.49. The fraction of sp³-hybridized carbons (Fsp3) is 0.350. The lowest BCUT2D eigenvalue weighted by molar-refractivity contribution is 0.0793. The van der Waals surface area contributed by atoms with E-state index >= 15 is 0 Å².